The number of amides is 1. The van der Waals surface area contributed by atoms with Gasteiger partial charge in [-0.3, -0.25) is 4.79 Å². The third-order valence-electron chi connectivity index (χ3n) is 2.90. The lowest BCUT2D eigenvalue weighted by atomic mass is 10.2. The quantitative estimate of drug-likeness (QED) is 0.673. The number of hydrogen-bond donors (Lipinski definition) is 2. The van der Waals surface area contributed by atoms with Crippen molar-refractivity contribution < 1.29 is 4.79 Å². The Morgan fingerprint density at radius 3 is 3.06 bits per heavy atom. The molecule has 0 aromatic heterocycles. The lowest BCUT2D eigenvalue weighted by Gasteiger charge is -2.12. The number of rotatable bonds is 7. The second-order valence-electron chi connectivity index (χ2n) is 4.23. The molecule has 1 saturated carbocycles. The van der Waals surface area contributed by atoms with Gasteiger partial charge >= 0.3 is 0 Å². The molecule has 0 aromatic carbocycles. The monoisotopic (exact) mass is 255 g/mol. The summed E-state index contributed by atoms with van der Waals surface area (Å²) in [5.41, 5.74) is 0. The molecule has 0 bridgehead atoms. The summed E-state index contributed by atoms with van der Waals surface area (Å²) in [6, 6.07) is 2.49. The molecule has 0 saturated heterocycles. The zero-order valence-electron chi connectivity index (χ0n) is 10.4. The van der Waals surface area contributed by atoms with E-state index < -0.39 is 0 Å². The van der Waals surface area contributed by atoms with Crippen molar-refractivity contribution in [3.8, 4) is 6.07 Å². The highest BCUT2D eigenvalue weighted by molar-refractivity contribution is 7.99. The largest absolute Gasteiger partial charge is 0.354 e. The van der Waals surface area contributed by atoms with Crippen molar-refractivity contribution in [2.24, 2.45) is 0 Å². The van der Waals surface area contributed by atoms with Crippen molar-refractivity contribution in [3.05, 3.63) is 0 Å². The van der Waals surface area contributed by atoms with E-state index in [4.69, 9.17) is 5.26 Å². The third kappa shape index (κ3) is 5.94. The van der Waals surface area contributed by atoms with E-state index in [2.05, 4.69) is 17.6 Å². The van der Waals surface area contributed by atoms with Crippen LogP contribution in [0.5, 0.6) is 0 Å². The fraction of sp³-hybridized carbons (Fsp3) is 0.833. The lowest BCUT2D eigenvalue weighted by Crippen LogP contribution is -2.38. The Balaban J connectivity index is 2.07. The fourth-order valence-electron chi connectivity index (χ4n) is 2.07. The van der Waals surface area contributed by atoms with E-state index >= 15 is 0 Å². The normalized spacial score (nSPS) is 23.3. The van der Waals surface area contributed by atoms with Gasteiger partial charge in [0.1, 0.15) is 0 Å². The van der Waals surface area contributed by atoms with Gasteiger partial charge < -0.3 is 10.6 Å². The predicted octanol–water partition coefficient (Wildman–Crippen LogP) is 1.28. The van der Waals surface area contributed by atoms with Gasteiger partial charge in [0, 0.05) is 17.8 Å². The minimum atomic E-state index is -0.00755. The number of hydrogen-bond acceptors (Lipinski definition) is 4. The van der Waals surface area contributed by atoms with Gasteiger partial charge in [0.15, 0.2) is 0 Å². The molecular formula is C12H21N3OS. The van der Waals surface area contributed by atoms with Crippen LogP contribution < -0.4 is 10.6 Å². The maximum absolute atomic E-state index is 11.4. The maximum Gasteiger partial charge on any atom is 0.233 e. The molecule has 0 aliphatic heterocycles. The molecule has 96 valence electrons. The smallest absolute Gasteiger partial charge is 0.233 e. The van der Waals surface area contributed by atoms with E-state index in [1.807, 2.05) is 17.8 Å². The first-order chi connectivity index (χ1) is 8.26. The minimum absolute atomic E-state index is 0.00755. The van der Waals surface area contributed by atoms with Gasteiger partial charge in [-0.15, -0.1) is 0 Å². The Kier molecular flexibility index (Phi) is 7.06. The van der Waals surface area contributed by atoms with Gasteiger partial charge in [0.25, 0.3) is 0 Å². The number of nitriles is 1. The summed E-state index contributed by atoms with van der Waals surface area (Å²) in [7, 11) is 0. The van der Waals surface area contributed by atoms with Crippen LogP contribution in [0.25, 0.3) is 0 Å². The average Bonchev–Trinajstić information content (AvgIpc) is 2.75. The van der Waals surface area contributed by atoms with Crippen LogP contribution in [0.15, 0.2) is 0 Å². The SMILES string of the molecule is CCSC1CCC(NCC(=O)NCCC#N)C1. The number of carbonyl (C=O) groups is 1. The van der Waals surface area contributed by atoms with Crippen LogP contribution in [0.2, 0.25) is 0 Å². The Morgan fingerprint density at radius 2 is 2.35 bits per heavy atom. The molecule has 0 heterocycles. The molecule has 1 rings (SSSR count). The van der Waals surface area contributed by atoms with E-state index in [1.165, 1.54) is 25.0 Å². The van der Waals surface area contributed by atoms with Crippen LogP contribution in [0.1, 0.15) is 32.6 Å². The molecule has 1 fully saturated rings. The molecule has 5 heteroatoms. The topological polar surface area (TPSA) is 64.9 Å². The van der Waals surface area contributed by atoms with E-state index in [-0.39, 0.29) is 5.91 Å². The molecule has 17 heavy (non-hydrogen) atoms. The van der Waals surface area contributed by atoms with Gasteiger partial charge in [-0.1, -0.05) is 6.92 Å². The molecule has 2 atom stereocenters. The van der Waals surface area contributed by atoms with E-state index in [0.29, 0.717) is 25.6 Å². The third-order valence-corrected chi connectivity index (χ3v) is 4.13. The van der Waals surface area contributed by atoms with Crippen molar-refractivity contribution in [1.29, 1.82) is 5.26 Å². The molecule has 1 aliphatic carbocycles. The standard InChI is InChI=1S/C12H21N3OS/c1-2-17-11-5-4-10(8-11)15-9-12(16)14-7-3-6-13/h10-11,15H,2-5,7-9H2,1H3,(H,14,16). The van der Waals surface area contributed by atoms with Crippen molar-refractivity contribution in [1.82, 2.24) is 10.6 Å². The zero-order valence-corrected chi connectivity index (χ0v) is 11.2. The number of carbonyl (C=O) groups excluding carboxylic acids is 1. The summed E-state index contributed by atoms with van der Waals surface area (Å²) < 4.78 is 0. The number of nitrogens with zero attached hydrogens (tertiary/aromatic N) is 1. The Hall–Kier alpha value is -0.730. The Bertz CT molecular complexity index is 277. The van der Waals surface area contributed by atoms with Crippen LogP contribution in [0.3, 0.4) is 0 Å². The van der Waals surface area contributed by atoms with Crippen LogP contribution in [0, 0.1) is 11.3 Å². The lowest BCUT2D eigenvalue weighted by molar-refractivity contribution is -0.120. The summed E-state index contributed by atoms with van der Waals surface area (Å²) in [4.78, 5) is 11.4. The molecule has 2 N–H and O–H groups in total. The summed E-state index contributed by atoms with van der Waals surface area (Å²) >= 11 is 2.02. The van der Waals surface area contributed by atoms with Crippen LogP contribution in [-0.2, 0) is 4.79 Å². The fourth-order valence-corrected chi connectivity index (χ4v) is 3.21. The number of thioether (sulfide) groups is 1. The molecule has 0 aromatic rings. The van der Waals surface area contributed by atoms with Crippen molar-refractivity contribution in [2.45, 2.75) is 43.9 Å². The molecular weight excluding hydrogens is 234 g/mol. The Labute approximate surface area is 108 Å². The second kappa shape index (κ2) is 8.37. The van der Waals surface area contributed by atoms with E-state index in [0.717, 1.165) is 5.25 Å². The summed E-state index contributed by atoms with van der Waals surface area (Å²) in [5.74, 6) is 1.17. The first-order valence-corrected chi connectivity index (χ1v) is 7.29. The molecule has 1 aliphatic rings. The molecule has 0 spiro atoms. The summed E-state index contributed by atoms with van der Waals surface area (Å²) in [5, 5.41) is 15.1. The van der Waals surface area contributed by atoms with Gasteiger partial charge in [0.05, 0.1) is 19.0 Å². The van der Waals surface area contributed by atoms with Crippen molar-refractivity contribution >= 4 is 17.7 Å². The van der Waals surface area contributed by atoms with Crippen molar-refractivity contribution in [2.75, 3.05) is 18.8 Å². The van der Waals surface area contributed by atoms with Crippen molar-refractivity contribution in [3.63, 3.8) is 0 Å². The van der Waals surface area contributed by atoms with Crippen LogP contribution in [-0.4, -0.2) is 36.0 Å². The highest BCUT2D eigenvalue weighted by Crippen LogP contribution is 2.29. The molecule has 1 amide bonds. The van der Waals surface area contributed by atoms with E-state index in [9.17, 15) is 4.79 Å². The van der Waals surface area contributed by atoms with Gasteiger partial charge in [0.2, 0.25) is 5.91 Å². The number of nitrogens with one attached hydrogen (secondary N) is 2. The van der Waals surface area contributed by atoms with Gasteiger partial charge in [-0.2, -0.15) is 17.0 Å². The zero-order chi connectivity index (χ0) is 12.5. The highest BCUT2D eigenvalue weighted by Gasteiger charge is 2.24. The maximum atomic E-state index is 11.4. The summed E-state index contributed by atoms with van der Waals surface area (Å²) in [6.45, 7) is 3.02. The molecule has 0 radical (unpaired) electrons. The van der Waals surface area contributed by atoms with Gasteiger partial charge in [-0.25, -0.2) is 0 Å². The first-order valence-electron chi connectivity index (χ1n) is 6.25. The molecule has 4 nitrogen and oxygen atoms in total. The highest BCUT2D eigenvalue weighted by atomic mass is 32.2. The van der Waals surface area contributed by atoms with Gasteiger partial charge in [-0.05, 0) is 25.0 Å². The molecule has 2 unspecified atom stereocenters. The first kappa shape index (κ1) is 14.3. The Morgan fingerprint density at radius 1 is 1.53 bits per heavy atom. The minimum Gasteiger partial charge on any atom is -0.354 e. The van der Waals surface area contributed by atoms with Crippen LogP contribution in [0.4, 0.5) is 0 Å². The summed E-state index contributed by atoms with van der Waals surface area (Å²) in [6.07, 6.45) is 3.98. The van der Waals surface area contributed by atoms with E-state index in [1.54, 1.807) is 0 Å². The second-order valence-corrected chi connectivity index (χ2v) is 5.80. The van der Waals surface area contributed by atoms with Crippen LogP contribution >= 0.6 is 11.8 Å². The average molecular weight is 255 g/mol. The predicted molar refractivity (Wildman–Crippen MR) is 70.8 cm³/mol.